The molecule has 1 aliphatic heterocycles. The van der Waals surface area contributed by atoms with Gasteiger partial charge in [-0.1, -0.05) is 19.8 Å². The monoisotopic (exact) mass is 248 g/mol. The topological polar surface area (TPSA) is 36.9 Å². The van der Waals surface area contributed by atoms with E-state index >= 15 is 0 Å². The number of hydrogen-bond donors (Lipinski definition) is 0. The second-order valence-corrected chi connectivity index (χ2v) is 7.44. The first-order valence-corrected chi connectivity index (χ1v) is 7.77. The van der Waals surface area contributed by atoms with Crippen molar-refractivity contribution in [3.05, 3.63) is 0 Å². The van der Waals surface area contributed by atoms with E-state index in [2.05, 4.69) is 6.92 Å². The summed E-state index contributed by atoms with van der Waals surface area (Å²) in [6, 6.07) is 0. The minimum atomic E-state index is -2.50. The van der Waals surface area contributed by atoms with E-state index in [1.807, 2.05) is 0 Å². The maximum Gasteiger partial charge on any atom is 0.503 e. The quantitative estimate of drug-likeness (QED) is 0.616. The molecule has 0 amide bonds. The van der Waals surface area contributed by atoms with Crippen LogP contribution in [0.3, 0.4) is 0 Å². The molecule has 0 aromatic carbocycles. The number of unbranched alkanes of at least 4 members (excludes halogenated alkanes) is 1. The van der Waals surface area contributed by atoms with Crippen LogP contribution in [0.4, 0.5) is 0 Å². The number of hydrogen-bond acceptors (Lipinski definition) is 4. The maximum absolute atomic E-state index is 5.59. The normalized spacial score (nSPS) is 19.5. The molecule has 1 heterocycles. The Kier molecular flexibility index (Phi) is 5.92. The number of rotatable bonds is 8. The van der Waals surface area contributed by atoms with Crippen LogP contribution in [0.1, 0.15) is 26.2 Å². The molecule has 0 aromatic rings. The van der Waals surface area contributed by atoms with E-state index in [4.69, 9.17) is 18.0 Å². The Morgan fingerprint density at radius 1 is 1.19 bits per heavy atom. The highest BCUT2D eigenvalue weighted by atomic mass is 28.4. The van der Waals surface area contributed by atoms with Crippen molar-refractivity contribution in [1.29, 1.82) is 0 Å². The molecule has 5 heteroatoms. The van der Waals surface area contributed by atoms with E-state index in [0.29, 0.717) is 11.5 Å². The van der Waals surface area contributed by atoms with Gasteiger partial charge in [0.2, 0.25) is 0 Å². The molecule has 96 valence electrons. The average molecular weight is 248 g/mol. The molecule has 16 heavy (non-hydrogen) atoms. The SMILES string of the molecule is CCCCC(C1COC1)[Si](OC)(OC)OC. The molecule has 0 spiro atoms. The Balaban J connectivity index is 2.70. The lowest BCUT2D eigenvalue weighted by Crippen LogP contribution is -2.53. The molecule has 0 radical (unpaired) electrons. The van der Waals surface area contributed by atoms with E-state index in [-0.39, 0.29) is 0 Å². The minimum Gasteiger partial charge on any atom is -0.381 e. The summed E-state index contributed by atoms with van der Waals surface area (Å²) in [4.78, 5) is 0. The lowest BCUT2D eigenvalue weighted by Gasteiger charge is -2.40. The van der Waals surface area contributed by atoms with Crippen LogP contribution in [0.15, 0.2) is 0 Å². The van der Waals surface area contributed by atoms with E-state index in [0.717, 1.165) is 19.6 Å². The molecule has 1 atom stereocenters. The molecule has 1 rings (SSSR count). The van der Waals surface area contributed by atoms with Gasteiger partial charge in [0.25, 0.3) is 0 Å². The summed E-state index contributed by atoms with van der Waals surface area (Å²) in [5, 5.41) is 0. The van der Waals surface area contributed by atoms with Gasteiger partial charge in [-0.05, 0) is 6.42 Å². The fourth-order valence-electron chi connectivity index (χ4n) is 2.32. The fraction of sp³-hybridized carbons (Fsp3) is 1.00. The summed E-state index contributed by atoms with van der Waals surface area (Å²) in [5.41, 5.74) is 0.376. The van der Waals surface area contributed by atoms with Crippen molar-refractivity contribution in [2.45, 2.75) is 31.7 Å². The van der Waals surface area contributed by atoms with Crippen molar-refractivity contribution in [3.8, 4) is 0 Å². The molecular formula is C11H24O4Si. The van der Waals surface area contributed by atoms with Crippen molar-refractivity contribution in [2.24, 2.45) is 5.92 Å². The Hall–Kier alpha value is 0.0569. The van der Waals surface area contributed by atoms with Crippen LogP contribution in [-0.4, -0.2) is 43.3 Å². The lowest BCUT2D eigenvalue weighted by molar-refractivity contribution is -0.0506. The van der Waals surface area contributed by atoms with Crippen LogP contribution >= 0.6 is 0 Å². The Morgan fingerprint density at radius 2 is 1.75 bits per heavy atom. The van der Waals surface area contributed by atoms with Crippen LogP contribution in [-0.2, 0) is 18.0 Å². The Labute approximate surface area is 99.6 Å². The molecule has 0 aromatic heterocycles. The van der Waals surface area contributed by atoms with Crippen molar-refractivity contribution < 1.29 is 18.0 Å². The molecule has 1 saturated heterocycles. The predicted octanol–water partition coefficient (Wildman–Crippen LogP) is 2.07. The Morgan fingerprint density at radius 3 is 2.06 bits per heavy atom. The van der Waals surface area contributed by atoms with Crippen molar-refractivity contribution in [3.63, 3.8) is 0 Å². The summed E-state index contributed by atoms with van der Waals surface area (Å²) in [6.07, 6.45) is 3.48. The van der Waals surface area contributed by atoms with Gasteiger partial charge in [-0.3, -0.25) is 0 Å². The average Bonchev–Trinajstić information content (AvgIpc) is 2.26. The molecule has 4 nitrogen and oxygen atoms in total. The first-order valence-electron chi connectivity index (χ1n) is 5.97. The van der Waals surface area contributed by atoms with Gasteiger partial charge >= 0.3 is 8.80 Å². The van der Waals surface area contributed by atoms with Gasteiger partial charge in [-0.2, -0.15) is 0 Å². The largest absolute Gasteiger partial charge is 0.503 e. The molecule has 0 N–H and O–H groups in total. The van der Waals surface area contributed by atoms with E-state index in [1.165, 1.54) is 12.8 Å². The predicted molar refractivity (Wildman–Crippen MR) is 64.4 cm³/mol. The van der Waals surface area contributed by atoms with Crippen LogP contribution in [0, 0.1) is 5.92 Å². The third-order valence-corrected chi connectivity index (χ3v) is 6.78. The second kappa shape index (κ2) is 6.71. The zero-order valence-corrected chi connectivity index (χ0v) is 11.8. The van der Waals surface area contributed by atoms with Crippen molar-refractivity contribution >= 4 is 8.80 Å². The smallest absolute Gasteiger partial charge is 0.381 e. The summed E-state index contributed by atoms with van der Waals surface area (Å²) in [6.45, 7) is 3.84. The van der Waals surface area contributed by atoms with Gasteiger partial charge in [0.1, 0.15) is 0 Å². The van der Waals surface area contributed by atoms with E-state index < -0.39 is 8.80 Å². The zero-order valence-electron chi connectivity index (χ0n) is 10.8. The summed E-state index contributed by atoms with van der Waals surface area (Å²) in [5.74, 6) is 0.540. The van der Waals surface area contributed by atoms with Crippen LogP contribution < -0.4 is 0 Å². The molecule has 1 fully saturated rings. The first-order chi connectivity index (χ1) is 7.74. The lowest BCUT2D eigenvalue weighted by atomic mass is 9.99. The molecule has 0 aliphatic carbocycles. The van der Waals surface area contributed by atoms with Crippen LogP contribution in [0.2, 0.25) is 5.54 Å². The van der Waals surface area contributed by atoms with Gasteiger partial charge in [0.05, 0.1) is 13.2 Å². The minimum absolute atomic E-state index is 0.376. The fourth-order valence-corrected chi connectivity index (χ4v) is 5.05. The molecule has 1 aliphatic rings. The Bertz CT molecular complexity index is 184. The highest BCUT2D eigenvalue weighted by Crippen LogP contribution is 2.39. The summed E-state index contributed by atoms with van der Waals surface area (Å²) in [7, 11) is 2.58. The van der Waals surface area contributed by atoms with Gasteiger partial charge in [0, 0.05) is 32.8 Å². The zero-order chi connectivity index (χ0) is 12.0. The third-order valence-electron chi connectivity index (χ3n) is 3.41. The molecule has 0 saturated carbocycles. The highest BCUT2D eigenvalue weighted by molar-refractivity contribution is 6.62. The molecule has 1 unspecified atom stereocenters. The van der Waals surface area contributed by atoms with Crippen LogP contribution in [0.5, 0.6) is 0 Å². The van der Waals surface area contributed by atoms with Crippen molar-refractivity contribution in [1.82, 2.24) is 0 Å². The van der Waals surface area contributed by atoms with Gasteiger partial charge in [0.15, 0.2) is 0 Å². The molecule has 0 bridgehead atoms. The van der Waals surface area contributed by atoms with Crippen LogP contribution in [0.25, 0.3) is 0 Å². The molecular weight excluding hydrogens is 224 g/mol. The standard InChI is InChI=1S/C11H24O4Si/c1-5-6-7-11(10-8-15-9-10)16(12-2,13-3)14-4/h10-11H,5-9H2,1-4H3. The van der Waals surface area contributed by atoms with Gasteiger partial charge < -0.3 is 18.0 Å². The van der Waals surface area contributed by atoms with Gasteiger partial charge in [-0.25, -0.2) is 0 Å². The van der Waals surface area contributed by atoms with E-state index in [1.54, 1.807) is 21.3 Å². The van der Waals surface area contributed by atoms with E-state index in [9.17, 15) is 0 Å². The second-order valence-electron chi connectivity index (χ2n) is 4.26. The number of ether oxygens (including phenoxy) is 1. The van der Waals surface area contributed by atoms with Gasteiger partial charge in [-0.15, -0.1) is 0 Å². The first kappa shape index (κ1) is 14.1. The third kappa shape index (κ3) is 2.84. The maximum atomic E-state index is 5.59. The highest BCUT2D eigenvalue weighted by Gasteiger charge is 2.52. The summed E-state index contributed by atoms with van der Waals surface area (Å²) < 4.78 is 22.1. The van der Waals surface area contributed by atoms with Crippen molar-refractivity contribution in [2.75, 3.05) is 34.5 Å². The summed E-state index contributed by atoms with van der Waals surface area (Å²) >= 11 is 0.